The van der Waals surface area contributed by atoms with Crippen molar-refractivity contribution in [3.05, 3.63) is 24.0 Å². The number of imidazole rings is 1. The molecule has 0 unspecified atom stereocenters. The predicted octanol–water partition coefficient (Wildman–Crippen LogP) is 4.34. The van der Waals surface area contributed by atoms with Crippen LogP contribution in [0, 0.1) is 0 Å². The summed E-state index contributed by atoms with van der Waals surface area (Å²) in [6.07, 6.45) is -0.358. The Bertz CT molecular complexity index is 1260. The maximum Gasteiger partial charge on any atom is 0.494 e. The molecule has 0 spiro atoms. The lowest BCUT2D eigenvalue weighted by molar-refractivity contribution is 0.00578. The minimum absolute atomic E-state index is 0.184. The zero-order valence-electron chi connectivity index (χ0n) is 26.5. The van der Waals surface area contributed by atoms with Crippen molar-refractivity contribution < 1.29 is 28.4 Å². The van der Waals surface area contributed by atoms with Crippen molar-refractivity contribution in [1.29, 1.82) is 0 Å². The second kappa shape index (κ2) is 11.4. The summed E-state index contributed by atoms with van der Waals surface area (Å²) in [5.74, 6) is 0.140. The Hall–Kier alpha value is -2.41. The van der Waals surface area contributed by atoms with E-state index in [2.05, 4.69) is 19.6 Å². The average molecular weight is 587 g/mol. The summed E-state index contributed by atoms with van der Waals surface area (Å²) >= 11 is 0. The molecule has 2 aliphatic heterocycles. The van der Waals surface area contributed by atoms with Crippen LogP contribution in [-0.4, -0.2) is 96.1 Å². The first-order valence-electron chi connectivity index (χ1n) is 14.6. The number of carbonyl (C=O) groups is 2. The van der Waals surface area contributed by atoms with Crippen molar-refractivity contribution in [2.45, 2.75) is 97.7 Å². The van der Waals surface area contributed by atoms with Gasteiger partial charge in [-0.1, -0.05) is 25.7 Å². The van der Waals surface area contributed by atoms with Crippen molar-refractivity contribution in [2.24, 2.45) is 0 Å². The van der Waals surface area contributed by atoms with Gasteiger partial charge in [0.2, 0.25) is 5.82 Å². The number of hydrogen-bond donors (Lipinski definition) is 0. The molecule has 2 saturated heterocycles. The van der Waals surface area contributed by atoms with Gasteiger partial charge in [-0.2, -0.15) is 0 Å². The predicted molar refractivity (Wildman–Crippen MR) is 163 cm³/mol. The zero-order chi connectivity index (χ0) is 30.4. The highest BCUT2D eigenvalue weighted by atomic mass is 28.3. The molecule has 0 saturated carbocycles. The fourth-order valence-corrected chi connectivity index (χ4v) is 5.42. The van der Waals surface area contributed by atoms with Gasteiger partial charge >= 0.3 is 13.2 Å². The maximum absolute atomic E-state index is 13.8. The van der Waals surface area contributed by atoms with Gasteiger partial charge in [-0.05, 0) is 72.1 Å². The molecule has 1 aromatic heterocycles. The normalized spacial score (nSPS) is 19.2. The van der Waals surface area contributed by atoms with Crippen LogP contribution in [0.25, 0.3) is 11.0 Å². The number of hydrogen-bond acceptors (Lipinski definition) is 7. The van der Waals surface area contributed by atoms with Crippen molar-refractivity contribution in [3.8, 4) is 0 Å². The monoisotopic (exact) mass is 586 g/mol. The van der Waals surface area contributed by atoms with E-state index in [4.69, 9.17) is 23.8 Å². The Labute approximate surface area is 245 Å². The molecule has 0 N–H and O–H groups in total. The third kappa shape index (κ3) is 7.33. The van der Waals surface area contributed by atoms with E-state index in [1.807, 2.05) is 71.2 Å². The van der Waals surface area contributed by atoms with Crippen LogP contribution >= 0.6 is 0 Å². The van der Waals surface area contributed by atoms with Crippen LogP contribution in [0.15, 0.2) is 18.2 Å². The molecule has 4 rings (SSSR count). The number of fused-ring (bicyclic) bond motifs is 1. The zero-order valence-corrected chi connectivity index (χ0v) is 27.5. The summed E-state index contributed by atoms with van der Waals surface area (Å²) in [6.45, 7) is 23.0. The van der Waals surface area contributed by atoms with Gasteiger partial charge in [0.1, 0.15) is 12.3 Å². The number of rotatable bonds is 7. The first-order valence-corrected chi connectivity index (χ1v) is 18.3. The van der Waals surface area contributed by atoms with Crippen LogP contribution < -0.4 is 5.46 Å². The van der Waals surface area contributed by atoms with E-state index in [9.17, 15) is 9.59 Å². The smallest absolute Gasteiger partial charge is 0.444 e. The molecule has 2 fully saturated rings. The standard InChI is InChI=1S/C29H47BN4O6Si/c1-27(2,3)38-26(36)33-15-13-32(14-16-33)25(35)24-31-22-19-21(30-39-28(4,5)29(6,7)40-30)11-12-23(22)34(24)20-37-17-18-41(8,9)10/h11-12,19H,13-18,20H2,1-10H3. The lowest BCUT2D eigenvalue weighted by Gasteiger charge is -2.35. The lowest BCUT2D eigenvalue weighted by atomic mass is 9.79. The minimum atomic E-state index is -1.27. The number of benzene rings is 1. The third-order valence-corrected chi connectivity index (χ3v) is 9.63. The van der Waals surface area contributed by atoms with Crippen LogP contribution in [-0.2, 0) is 25.5 Å². The van der Waals surface area contributed by atoms with E-state index in [0.717, 1.165) is 17.0 Å². The van der Waals surface area contributed by atoms with Crippen molar-refractivity contribution >= 4 is 43.7 Å². The van der Waals surface area contributed by atoms with E-state index < -0.39 is 32.0 Å². The van der Waals surface area contributed by atoms with Gasteiger partial charge in [0, 0.05) is 40.9 Å². The number of amides is 2. The molecule has 0 bridgehead atoms. The number of nitrogens with zero attached hydrogens (tertiary/aromatic N) is 4. The summed E-state index contributed by atoms with van der Waals surface area (Å²) in [5.41, 5.74) is 0.863. The molecule has 2 aliphatic rings. The molecule has 226 valence electrons. The fourth-order valence-electron chi connectivity index (χ4n) is 4.66. The highest BCUT2D eigenvalue weighted by molar-refractivity contribution is 6.76. The quantitative estimate of drug-likeness (QED) is 0.352. The lowest BCUT2D eigenvalue weighted by Crippen LogP contribution is -2.52. The Morgan fingerprint density at radius 1 is 1.00 bits per heavy atom. The van der Waals surface area contributed by atoms with Gasteiger partial charge in [0.25, 0.3) is 5.91 Å². The van der Waals surface area contributed by atoms with Gasteiger partial charge in [-0.3, -0.25) is 9.36 Å². The van der Waals surface area contributed by atoms with Gasteiger partial charge < -0.3 is 28.6 Å². The molecule has 12 heteroatoms. The molecule has 0 atom stereocenters. The summed E-state index contributed by atoms with van der Waals surface area (Å²) in [4.78, 5) is 34.5. The van der Waals surface area contributed by atoms with E-state index in [-0.39, 0.29) is 18.7 Å². The Balaban J connectivity index is 1.56. The highest BCUT2D eigenvalue weighted by Gasteiger charge is 2.51. The van der Waals surface area contributed by atoms with Crippen LogP contribution in [0.2, 0.25) is 25.7 Å². The Morgan fingerprint density at radius 2 is 1.59 bits per heavy atom. The first kappa shape index (κ1) is 31.5. The van der Waals surface area contributed by atoms with E-state index in [1.54, 1.807) is 9.80 Å². The van der Waals surface area contributed by atoms with E-state index in [0.29, 0.717) is 44.1 Å². The molecule has 1 aromatic carbocycles. The molecule has 2 amide bonds. The molecule has 2 aromatic rings. The third-order valence-electron chi connectivity index (χ3n) is 7.92. The second-order valence-corrected chi connectivity index (χ2v) is 19.9. The SMILES string of the molecule is CC(C)(C)OC(=O)N1CCN(C(=O)c2nc3cc(B4OC(C)(C)C(C)(C)O4)ccc3n2COCC[Si](C)(C)C)CC1. The molecule has 0 aliphatic carbocycles. The highest BCUT2D eigenvalue weighted by Crippen LogP contribution is 2.36. The molecule has 0 radical (unpaired) electrons. The largest absolute Gasteiger partial charge is 0.494 e. The minimum Gasteiger partial charge on any atom is -0.444 e. The van der Waals surface area contributed by atoms with Crippen LogP contribution in [0.3, 0.4) is 0 Å². The Kier molecular flexibility index (Phi) is 8.73. The molecular weight excluding hydrogens is 539 g/mol. The first-order chi connectivity index (χ1) is 18.9. The summed E-state index contributed by atoms with van der Waals surface area (Å²) in [5, 5.41) is 0. The fraction of sp³-hybridized carbons (Fsp3) is 0.690. The molecule has 10 nitrogen and oxygen atoms in total. The molecule has 41 heavy (non-hydrogen) atoms. The summed E-state index contributed by atoms with van der Waals surface area (Å²) in [6, 6.07) is 6.90. The van der Waals surface area contributed by atoms with Gasteiger partial charge in [-0.15, -0.1) is 0 Å². The van der Waals surface area contributed by atoms with Gasteiger partial charge in [0.15, 0.2) is 0 Å². The van der Waals surface area contributed by atoms with Crippen molar-refractivity contribution in [2.75, 3.05) is 32.8 Å². The number of ether oxygens (including phenoxy) is 2. The van der Waals surface area contributed by atoms with Crippen LogP contribution in [0.5, 0.6) is 0 Å². The molecule has 3 heterocycles. The van der Waals surface area contributed by atoms with Gasteiger partial charge in [-0.25, -0.2) is 9.78 Å². The number of carbonyl (C=O) groups excluding carboxylic acids is 2. The number of aromatic nitrogens is 2. The number of piperazine rings is 1. The van der Waals surface area contributed by atoms with Crippen LogP contribution in [0.1, 0.15) is 59.1 Å². The summed E-state index contributed by atoms with van der Waals surface area (Å²) in [7, 11) is -1.79. The Morgan fingerprint density at radius 3 is 2.15 bits per heavy atom. The van der Waals surface area contributed by atoms with E-state index in [1.165, 1.54) is 0 Å². The van der Waals surface area contributed by atoms with E-state index >= 15 is 0 Å². The van der Waals surface area contributed by atoms with Crippen molar-refractivity contribution in [1.82, 2.24) is 19.4 Å². The second-order valence-electron chi connectivity index (χ2n) is 14.3. The topological polar surface area (TPSA) is 95.4 Å². The maximum atomic E-state index is 13.8. The van der Waals surface area contributed by atoms with Crippen molar-refractivity contribution in [3.63, 3.8) is 0 Å². The molecular formula is C29H47BN4O6Si. The average Bonchev–Trinajstić information content (AvgIpc) is 3.32. The summed E-state index contributed by atoms with van der Waals surface area (Å²) < 4.78 is 26.0. The van der Waals surface area contributed by atoms with Gasteiger partial charge in [0.05, 0.1) is 22.2 Å². The van der Waals surface area contributed by atoms with Crippen LogP contribution in [0.4, 0.5) is 4.79 Å².